The van der Waals surface area contributed by atoms with Crippen molar-refractivity contribution in [3.05, 3.63) is 29.8 Å². The van der Waals surface area contributed by atoms with Crippen molar-refractivity contribution in [1.82, 2.24) is 0 Å². The van der Waals surface area contributed by atoms with Crippen LogP contribution in [0, 0.1) is 6.92 Å². The minimum atomic E-state index is -0.234. The van der Waals surface area contributed by atoms with Crippen LogP contribution in [0.2, 0.25) is 0 Å². The lowest BCUT2D eigenvalue weighted by molar-refractivity contribution is -0.131. The van der Waals surface area contributed by atoms with Gasteiger partial charge < -0.3 is 15.4 Å². The summed E-state index contributed by atoms with van der Waals surface area (Å²) in [4.78, 5) is 14.6. The molecule has 1 aliphatic carbocycles. The Labute approximate surface area is 127 Å². The van der Waals surface area contributed by atoms with Gasteiger partial charge >= 0.3 is 0 Å². The van der Waals surface area contributed by atoms with E-state index >= 15 is 0 Å². The van der Waals surface area contributed by atoms with E-state index in [1.165, 1.54) is 0 Å². The topological polar surface area (TPSA) is 55.6 Å². The number of rotatable bonds is 7. The molecule has 0 aromatic heterocycles. The van der Waals surface area contributed by atoms with E-state index < -0.39 is 0 Å². The van der Waals surface area contributed by atoms with Crippen molar-refractivity contribution >= 4 is 11.6 Å². The predicted molar refractivity (Wildman–Crippen MR) is 85.4 cm³/mol. The second-order valence-corrected chi connectivity index (χ2v) is 5.94. The van der Waals surface area contributed by atoms with Crippen LogP contribution in [0.1, 0.15) is 37.7 Å². The summed E-state index contributed by atoms with van der Waals surface area (Å²) in [5, 5.41) is 0. The molecule has 1 amide bonds. The number of aryl methyl sites for hydroxylation is 1. The van der Waals surface area contributed by atoms with Gasteiger partial charge in [0.1, 0.15) is 0 Å². The number of methoxy groups -OCH3 is 1. The van der Waals surface area contributed by atoms with Crippen LogP contribution in [0.4, 0.5) is 5.69 Å². The molecule has 4 nitrogen and oxygen atoms in total. The SMILES string of the molecule is COC1(CC(=O)N(CCCN)c2cccc(C)c2)CCC1. The van der Waals surface area contributed by atoms with Gasteiger partial charge in [0.15, 0.2) is 0 Å². The molecule has 0 aliphatic heterocycles. The number of hydrogen-bond donors (Lipinski definition) is 1. The molecule has 4 heteroatoms. The standard InChI is InChI=1S/C17H26N2O2/c1-14-6-3-7-15(12-14)19(11-5-10-18)16(20)13-17(21-2)8-4-9-17/h3,6-7,12H,4-5,8-11,13,18H2,1-2H3. The summed E-state index contributed by atoms with van der Waals surface area (Å²) in [6.45, 7) is 3.29. The van der Waals surface area contributed by atoms with Gasteiger partial charge in [-0.3, -0.25) is 4.79 Å². The second kappa shape index (κ2) is 7.05. The Hall–Kier alpha value is -1.39. The molecule has 1 aromatic rings. The van der Waals surface area contributed by atoms with E-state index in [9.17, 15) is 4.79 Å². The first-order valence-electron chi connectivity index (χ1n) is 7.72. The molecule has 0 heterocycles. The van der Waals surface area contributed by atoms with Crippen molar-refractivity contribution < 1.29 is 9.53 Å². The van der Waals surface area contributed by atoms with Crippen LogP contribution in [-0.2, 0) is 9.53 Å². The van der Waals surface area contributed by atoms with Gasteiger partial charge in [0.05, 0.1) is 12.0 Å². The molecule has 0 radical (unpaired) electrons. The minimum Gasteiger partial charge on any atom is -0.378 e. The predicted octanol–water partition coefficient (Wildman–Crippen LogP) is 2.64. The first-order chi connectivity index (χ1) is 10.1. The minimum absolute atomic E-state index is 0.135. The number of anilines is 1. The number of nitrogens with two attached hydrogens (primary N) is 1. The van der Waals surface area contributed by atoms with Crippen LogP contribution in [0.25, 0.3) is 0 Å². The summed E-state index contributed by atoms with van der Waals surface area (Å²) in [6.07, 6.45) is 4.37. The van der Waals surface area contributed by atoms with Crippen LogP contribution in [-0.4, -0.2) is 31.7 Å². The molecular weight excluding hydrogens is 264 g/mol. The van der Waals surface area contributed by atoms with E-state index in [0.29, 0.717) is 19.5 Å². The van der Waals surface area contributed by atoms with Crippen molar-refractivity contribution in [2.75, 3.05) is 25.1 Å². The molecule has 0 bridgehead atoms. The van der Waals surface area contributed by atoms with Crippen LogP contribution in [0.15, 0.2) is 24.3 Å². The van der Waals surface area contributed by atoms with Crippen LogP contribution in [0.3, 0.4) is 0 Å². The number of amides is 1. The third-order valence-corrected chi connectivity index (χ3v) is 4.37. The number of benzene rings is 1. The molecule has 0 atom stereocenters. The highest BCUT2D eigenvalue weighted by molar-refractivity contribution is 5.94. The lowest BCUT2D eigenvalue weighted by Crippen LogP contribution is -2.45. The van der Waals surface area contributed by atoms with Gasteiger partial charge in [0.2, 0.25) is 5.91 Å². The van der Waals surface area contributed by atoms with Gasteiger partial charge in [-0.2, -0.15) is 0 Å². The summed E-state index contributed by atoms with van der Waals surface area (Å²) < 4.78 is 5.59. The van der Waals surface area contributed by atoms with Crippen molar-refractivity contribution in [1.29, 1.82) is 0 Å². The molecule has 116 valence electrons. The number of nitrogens with zero attached hydrogens (tertiary/aromatic N) is 1. The fourth-order valence-corrected chi connectivity index (χ4v) is 2.84. The maximum absolute atomic E-state index is 12.7. The Bertz CT molecular complexity index is 478. The van der Waals surface area contributed by atoms with E-state index in [1.54, 1.807) is 7.11 Å². The lowest BCUT2D eigenvalue weighted by atomic mass is 9.77. The van der Waals surface area contributed by atoms with E-state index in [4.69, 9.17) is 10.5 Å². The summed E-state index contributed by atoms with van der Waals surface area (Å²) >= 11 is 0. The highest BCUT2D eigenvalue weighted by atomic mass is 16.5. The monoisotopic (exact) mass is 290 g/mol. The number of carbonyl (C=O) groups is 1. The highest BCUT2D eigenvalue weighted by Gasteiger charge is 2.40. The Morgan fingerprint density at radius 2 is 2.19 bits per heavy atom. The quantitative estimate of drug-likeness (QED) is 0.840. The van der Waals surface area contributed by atoms with Gasteiger partial charge in [-0.05, 0) is 56.8 Å². The molecule has 1 aromatic carbocycles. The molecule has 1 saturated carbocycles. The van der Waals surface area contributed by atoms with Crippen molar-refractivity contribution in [3.8, 4) is 0 Å². The van der Waals surface area contributed by atoms with Crippen molar-refractivity contribution in [3.63, 3.8) is 0 Å². The Kier molecular flexibility index (Phi) is 5.37. The maximum Gasteiger partial charge on any atom is 0.229 e. The summed E-state index contributed by atoms with van der Waals surface area (Å²) in [5.41, 5.74) is 7.49. The van der Waals surface area contributed by atoms with E-state index in [1.807, 2.05) is 30.0 Å². The average molecular weight is 290 g/mol. The molecule has 2 rings (SSSR count). The van der Waals surface area contributed by atoms with E-state index in [2.05, 4.69) is 6.07 Å². The Morgan fingerprint density at radius 3 is 2.71 bits per heavy atom. The van der Waals surface area contributed by atoms with Crippen molar-refractivity contribution in [2.45, 2.75) is 44.6 Å². The zero-order valence-electron chi connectivity index (χ0n) is 13.1. The first-order valence-corrected chi connectivity index (χ1v) is 7.72. The van der Waals surface area contributed by atoms with Crippen LogP contribution in [0.5, 0.6) is 0 Å². The van der Waals surface area contributed by atoms with Gasteiger partial charge in [-0.25, -0.2) is 0 Å². The summed E-state index contributed by atoms with van der Waals surface area (Å²) in [6, 6.07) is 8.07. The summed E-state index contributed by atoms with van der Waals surface area (Å²) in [7, 11) is 1.71. The third-order valence-electron chi connectivity index (χ3n) is 4.37. The van der Waals surface area contributed by atoms with E-state index in [-0.39, 0.29) is 11.5 Å². The second-order valence-electron chi connectivity index (χ2n) is 5.94. The van der Waals surface area contributed by atoms with Crippen LogP contribution < -0.4 is 10.6 Å². The third kappa shape index (κ3) is 3.83. The zero-order chi connectivity index (χ0) is 15.3. The lowest BCUT2D eigenvalue weighted by Gasteiger charge is -2.41. The fourth-order valence-electron chi connectivity index (χ4n) is 2.84. The molecule has 0 spiro atoms. The van der Waals surface area contributed by atoms with Gasteiger partial charge in [0.25, 0.3) is 0 Å². The van der Waals surface area contributed by atoms with Gasteiger partial charge in [-0.15, -0.1) is 0 Å². The normalized spacial score (nSPS) is 16.3. The molecule has 0 saturated heterocycles. The Balaban J connectivity index is 2.13. The molecule has 0 unspecified atom stereocenters. The zero-order valence-corrected chi connectivity index (χ0v) is 13.1. The van der Waals surface area contributed by atoms with Gasteiger partial charge in [-0.1, -0.05) is 12.1 Å². The number of carbonyl (C=O) groups excluding carboxylic acids is 1. The Morgan fingerprint density at radius 1 is 1.43 bits per heavy atom. The largest absolute Gasteiger partial charge is 0.378 e. The van der Waals surface area contributed by atoms with E-state index in [0.717, 1.165) is 36.9 Å². The maximum atomic E-state index is 12.7. The fraction of sp³-hybridized carbons (Fsp3) is 0.588. The highest BCUT2D eigenvalue weighted by Crippen LogP contribution is 2.38. The number of ether oxygens (including phenoxy) is 1. The molecule has 2 N–H and O–H groups in total. The average Bonchev–Trinajstić information content (AvgIpc) is 2.43. The van der Waals surface area contributed by atoms with Crippen molar-refractivity contribution in [2.24, 2.45) is 5.73 Å². The number of hydrogen-bond acceptors (Lipinski definition) is 3. The molecule has 1 aliphatic rings. The van der Waals surface area contributed by atoms with Gasteiger partial charge in [0, 0.05) is 19.3 Å². The molecular formula is C17H26N2O2. The smallest absolute Gasteiger partial charge is 0.229 e. The summed E-state index contributed by atoms with van der Waals surface area (Å²) in [5.74, 6) is 0.135. The molecule has 1 fully saturated rings. The first kappa shape index (κ1) is 16.0. The molecule has 21 heavy (non-hydrogen) atoms. The van der Waals surface area contributed by atoms with Crippen LogP contribution >= 0.6 is 0 Å².